The second-order valence-corrected chi connectivity index (χ2v) is 4.00. The standard InChI is InChI=1S/C12H10F2N2O3/c13-11(14)6-3-7(8-5-16-19-12(8)15)10-9(4-6)17-1-2-18-10/h3-5,11H,1-2,15H2. The van der Waals surface area contributed by atoms with Crippen molar-refractivity contribution in [3.8, 4) is 22.6 Å². The smallest absolute Gasteiger partial charge is 0.264 e. The Hall–Kier alpha value is -2.31. The molecule has 2 N–H and O–H groups in total. The van der Waals surface area contributed by atoms with Crippen LogP contribution in [-0.2, 0) is 0 Å². The van der Waals surface area contributed by atoms with Gasteiger partial charge in [0.25, 0.3) is 6.43 Å². The minimum atomic E-state index is -2.62. The summed E-state index contributed by atoms with van der Waals surface area (Å²) in [5.41, 5.74) is 6.25. The van der Waals surface area contributed by atoms with Gasteiger partial charge in [-0.25, -0.2) is 8.78 Å². The molecule has 2 heterocycles. The Morgan fingerprint density at radius 2 is 1.95 bits per heavy atom. The molecule has 3 rings (SSSR count). The van der Waals surface area contributed by atoms with Crippen molar-refractivity contribution in [1.82, 2.24) is 5.16 Å². The SMILES string of the molecule is Nc1oncc1-c1cc(C(F)F)cc2c1OCCO2. The van der Waals surface area contributed by atoms with Gasteiger partial charge in [-0.1, -0.05) is 5.16 Å². The first-order valence-corrected chi connectivity index (χ1v) is 5.59. The molecule has 0 fully saturated rings. The van der Waals surface area contributed by atoms with E-state index in [-0.39, 0.29) is 17.2 Å². The highest BCUT2D eigenvalue weighted by Gasteiger charge is 2.23. The van der Waals surface area contributed by atoms with E-state index in [4.69, 9.17) is 19.7 Å². The van der Waals surface area contributed by atoms with Crippen LogP contribution in [0.2, 0.25) is 0 Å². The number of benzene rings is 1. The van der Waals surface area contributed by atoms with Crippen molar-refractivity contribution in [2.75, 3.05) is 18.9 Å². The predicted octanol–water partition coefficient (Wildman–Crippen LogP) is 2.63. The zero-order valence-electron chi connectivity index (χ0n) is 9.73. The van der Waals surface area contributed by atoms with Crippen LogP contribution in [0.15, 0.2) is 22.9 Å². The Balaban J connectivity index is 2.21. The van der Waals surface area contributed by atoms with Crippen molar-refractivity contribution >= 4 is 5.88 Å². The summed E-state index contributed by atoms with van der Waals surface area (Å²) in [5.74, 6) is 0.702. The number of nitrogens with two attached hydrogens (primary N) is 1. The van der Waals surface area contributed by atoms with Crippen LogP contribution < -0.4 is 15.2 Å². The number of nitrogens with zero attached hydrogens (tertiary/aromatic N) is 1. The molecule has 0 saturated carbocycles. The van der Waals surface area contributed by atoms with Crippen molar-refractivity contribution in [2.24, 2.45) is 0 Å². The van der Waals surface area contributed by atoms with Crippen LogP contribution in [0.4, 0.5) is 14.7 Å². The molecule has 0 aliphatic carbocycles. The van der Waals surface area contributed by atoms with E-state index < -0.39 is 6.43 Å². The predicted molar refractivity (Wildman–Crippen MR) is 62.3 cm³/mol. The van der Waals surface area contributed by atoms with Crippen LogP contribution in [-0.4, -0.2) is 18.4 Å². The number of aromatic nitrogens is 1. The Bertz CT molecular complexity index is 613. The topological polar surface area (TPSA) is 70.5 Å². The van der Waals surface area contributed by atoms with E-state index in [2.05, 4.69) is 5.16 Å². The van der Waals surface area contributed by atoms with Crippen LogP contribution >= 0.6 is 0 Å². The van der Waals surface area contributed by atoms with E-state index in [1.165, 1.54) is 18.3 Å². The van der Waals surface area contributed by atoms with Crippen molar-refractivity contribution in [3.63, 3.8) is 0 Å². The van der Waals surface area contributed by atoms with Crippen LogP contribution in [0.25, 0.3) is 11.1 Å². The third kappa shape index (κ3) is 1.96. The first kappa shape index (κ1) is 11.8. The minimum Gasteiger partial charge on any atom is -0.486 e. The molecular formula is C12H10F2N2O3. The van der Waals surface area contributed by atoms with Crippen LogP contribution in [0.3, 0.4) is 0 Å². The Kier molecular flexibility index (Phi) is 2.73. The van der Waals surface area contributed by atoms with Crippen molar-refractivity contribution in [2.45, 2.75) is 6.43 Å². The average Bonchev–Trinajstić information content (AvgIpc) is 2.83. The molecule has 19 heavy (non-hydrogen) atoms. The van der Waals surface area contributed by atoms with E-state index in [0.717, 1.165) is 0 Å². The first-order valence-electron chi connectivity index (χ1n) is 5.59. The molecule has 0 atom stereocenters. The molecule has 1 aliphatic heterocycles. The van der Waals surface area contributed by atoms with E-state index >= 15 is 0 Å². The van der Waals surface area contributed by atoms with E-state index in [1.807, 2.05) is 0 Å². The third-order valence-electron chi connectivity index (χ3n) is 2.80. The van der Waals surface area contributed by atoms with Crippen molar-refractivity contribution < 1.29 is 22.8 Å². The van der Waals surface area contributed by atoms with Gasteiger partial charge in [-0.05, 0) is 12.1 Å². The number of alkyl halides is 2. The van der Waals surface area contributed by atoms with Crippen LogP contribution in [0.5, 0.6) is 11.5 Å². The van der Waals surface area contributed by atoms with Crippen LogP contribution in [0.1, 0.15) is 12.0 Å². The summed E-state index contributed by atoms with van der Waals surface area (Å²) in [6.45, 7) is 0.664. The molecule has 1 aromatic carbocycles. The largest absolute Gasteiger partial charge is 0.486 e. The van der Waals surface area contributed by atoms with Gasteiger partial charge in [0.1, 0.15) is 13.2 Å². The number of rotatable bonds is 2. The van der Waals surface area contributed by atoms with Crippen LogP contribution in [0, 0.1) is 0 Å². The zero-order chi connectivity index (χ0) is 13.4. The number of hydrogen-bond acceptors (Lipinski definition) is 5. The maximum Gasteiger partial charge on any atom is 0.264 e. The monoisotopic (exact) mass is 268 g/mol. The second-order valence-electron chi connectivity index (χ2n) is 4.00. The summed E-state index contributed by atoms with van der Waals surface area (Å²) in [6, 6.07) is 2.58. The quantitative estimate of drug-likeness (QED) is 0.906. The normalized spacial score (nSPS) is 13.8. The van der Waals surface area contributed by atoms with Gasteiger partial charge < -0.3 is 19.7 Å². The lowest BCUT2D eigenvalue weighted by atomic mass is 10.0. The number of halogens is 2. The summed E-state index contributed by atoms with van der Waals surface area (Å²) >= 11 is 0. The molecule has 0 bridgehead atoms. The number of nitrogen functional groups attached to an aromatic ring is 1. The number of anilines is 1. The maximum atomic E-state index is 12.9. The molecular weight excluding hydrogens is 258 g/mol. The lowest BCUT2D eigenvalue weighted by Crippen LogP contribution is -2.16. The molecule has 5 nitrogen and oxygen atoms in total. The van der Waals surface area contributed by atoms with Gasteiger partial charge in [0.05, 0.1) is 11.8 Å². The molecule has 0 radical (unpaired) electrons. The molecule has 1 aliphatic rings. The highest BCUT2D eigenvalue weighted by atomic mass is 19.3. The summed E-state index contributed by atoms with van der Waals surface area (Å²) in [7, 11) is 0. The lowest BCUT2D eigenvalue weighted by molar-refractivity contribution is 0.147. The minimum absolute atomic E-state index is 0.0442. The number of fused-ring (bicyclic) bond motifs is 1. The summed E-state index contributed by atoms with van der Waals surface area (Å²) in [4.78, 5) is 0. The number of ether oxygens (including phenoxy) is 2. The fraction of sp³-hybridized carbons (Fsp3) is 0.250. The van der Waals surface area contributed by atoms with Crippen molar-refractivity contribution in [1.29, 1.82) is 0 Å². The Morgan fingerprint density at radius 1 is 1.16 bits per heavy atom. The Morgan fingerprint density at radius 3 is 2.63 bits per heavy atom. The van der Waals surface area contributed by atoms with Gasteiger partial charge in [-0.3, -0.25) is 0 Å². The van der Waals surface area contributed by atoms with Gasteiger partial charge in [0, 0.05) is 11.1 Å². The molecule has 100 valence electrons. The second kappa shape index (κ2) is 4.42. The molecule has 0 spiro atoms. The summed E-state index contributed by atoms with van der Waals surface area (Å²) in [5, 5.41) is 3.54. The molecule has 0 unspecified atom stereocenters. The van der Waals surface area contributed by atoms with Gasteiger partial charge in [-0.2, -0.15) is 0 Å². The van der Waals surface area contributed by atoms with Gasteiger partial charge in [-0.15, -0.1) is 0 Å². The molecule has 0 amide bonds. The molecule has 2 aromatic rings. The van der Waals surface area contributed by atoms with E-state index in [0.29, 0.717) is 30.1 Å². The molecule has 1 aromatic heterocycles. The fourth-order valence-electron chi connectivity index (χ4n) is 1.95. The summed E-state index contributed by atoms with van der Waals surface area (Å²) < 4.78 is 41.4. The first-order chi connectivity index (χ1) is 9.16. The maximum absolute atomic E-state index is 12.9. The zero-order valence-corrected chi connectivity index (χ0v) is 9.73. The van der Waals surface area contributed by atoms with Crippen molar-refractivity contribution in [3.05, 3.63) is 23.9 Å². The summed E-state index contributed by atoms with van der Waals surface area (Å²) in [6.07, 6.45) is -1.26. The lowest BCUT2D eigenvalue weighted by Gasteiger charge is -2.21. The van der Waals surface area contributed by atoms with Gasteiger partial charge >= 0.3 is 0 Å². The number of hydrogen-bond donors (Lipinski definition) is 1. The third-order valence-corrected chi connectivity index (χ3v) is 2.80. The van der Waals surface area contributed by atoms with Gasteiger partial charge in [0.15, 0.2) is 11.5 Å². The van der Waals surface area contributed by atoms with E-state index in [1.54, 1.807) is 0 Å². The fourth-order valence-corrected chi connectivity index (χ4v) is 1.95. The highest BCUT2D eigenvalue weighted by molar-refractivity contribution is 5.80. The van der Waals surface area contributed by atoms with Gasteiger partial charge in [0.2, 0.25) is 5.88 Å². The average molecular weight is 268 g/mol. The molecule has 7 heteroatoms. The molecule has 0 saturated heterocycles. The Labute approximate surface area is 106 Å². The van der Waals surface area contributed by atoms with E-state index in [9.17, 15) is 8.78 Å². The highest BCUT2D eigenvalue weighted by Crippen LogP contribution is 2.44.